The molecule has 0 radical (unpaired) electrons. The molecule has 0 nitrogen and oxygen atoms in total. The zero-order valence-electron chi connectivity index (χ0n) is 9.47. The standard InChI is InChI=1S/C13H19Cl/c1-10-7-5-6-8-12(10)13(3,4)9-11(2)14/h5-8,11H,9H2,1-4H3. The average Bonchev–Trinajstić information content (AvgIpc) is 2.02. The third kappa shape index (κ3) is 2.75. The quantitative estimate of drug-likeness (QED) is 0.653. The third-order valence-corrected chi connectivity index (χ3v) is 2.82. The summed E-state index contributed by atoms with van der Waals surface area (Å²) in [5.74, 6) is 0. The Morgan fingerprint density at radius 3 is 2.36 bits per heavy atom. The highest BCUT2D eigenvalue weighted by atomic mass is 35.5. The molecule has 0 aliphatic heterocycles. The molecule has 0 heterocycles. The van der Waals surface area contributed by atoms with Crippen molar-refractivity contribution in [3.05, 3.63) is 35.4 Å². The van der Waals surface area contributed by atoms with Gasteiger partial charge < -0.3 is 0 Å². The fraction of sp³-hybridized carbons (Fsp3) is 0.538. The Balaban J connectivity index is 2.97. The first kappa shape index (κ1) is 11.6. The Labute approximate surface area is 92.3 Å². The Morgan fingerprint density at radius 2 is 1.86 bits per heavy atom. The Morgan fingerprint density at radius 1 is 1.29 bits per heavy atom. The lowest BCUT2D eigenvalue weighted by molar-refractivity contribution is 0.474. The van der Waals surface area contributed by atoms with Crippen LogP contribution in [-0.4, -0.2) is 5.38 Å². The average molecular weight is 211 g/mol. The van der Waals surface area contributed by atoms with E-state index in [1.807, 2.05) is 0 Å². The maximum absolute atomic E-state index is 6.06. The fourth-order valence-corrected chi connectivity index (χ4v) is 2.53. The molecule has 0 saturated carbocycles. The van der Waals surface area contributed by atoms with E-state index in [9.17, 15) is 0 Å². The van der Waals surface area contributed by atoms with Crippen molar-refractivity contribution >= 4 is 11.6 Å². The summed E-state index contributed by atoms with van der Waals surface area (Å²) in [6, 6.07) is 8.55. The number of benzene rings is 1. The number of hydrogen-bond donors (Lipinski definition) is 0. The molecule has 0 amide bonds. The fourth-order valence-electron chi connectivity index (χ4n) is 2.15. The molecule has 0 N–H and O–H groups in total. The number of rotatable bonds is 3. The van der Waals surface area contributed by atoms with Crippen molar-refractivity contribution in [3.8, 4) is 0 Å². The highest BCUT2D eigenvalue weighted by Gasteiger charge is 2.23. The van der Waals surface area contributed by atoms with Crippen molar-refractivity contribution in [1.29, 1.82) is 0 Å². The van der Waals surface area contributed by atoms with Gasteiger partial charge in [-0.25, -0.2) is 0 Å². The predicted molar refractivity (Wildman–Crippen MR) is 64.1 cm³/mol. The van der Waals surface area contributed by atoms with Gasteiger partial charge >= 0.3 is 0 Å². The molecule has 78 valence electrons. The first-order chi connectivity index (χ1) is 6.43. The molecule has 0 aliphatic rings. The molecule has 0 bridgehead atoms. The van der Waals surface area contributed by atoms with Crippen molar-refractivity contribution in [3.63, 3.8) is 0 Å². The highest BCUT2D eigenvalue weighted by Crippen LogP contribution is 2.31. The minimum atomic E-state index is 0.173. The zero-order chi connectivity index (χ0) is 10.8. The largest absolute Gasteiger partial charge is 0.123 e. The van der Waals surface area contributed by atoms with Crippen LogP contribution in [0.1, 0.15) is 38.3 Å². The van der Waals surface area contributed by atoms with E-state index in [4.69, 9.17) is 11.6 Å². The van der Waals surface area contributed by atoms with Gasteiger partial charge in [0.2, 0.25) is 0 Å². The number of aryl methyl sites for hydroxylation is 1. The minimum Gasteiger partial charge on any atom is -0.123 e. The van der Waals surface area contributed by atoms with E-state index < -0.39 is 0 Å². The molecule has 1 rings (SSSR count). The molecule has 1 heteroatoms. The summed E-state index contributed by atoms with van der Waals surface area (Å²) in [7, 11) is 0. The summed E-state index contributed by atoms with van der Waals surface area (Å²) >= 11 is 6.06. The first-order valence-corrected chi connectivity index (χ1v) is 5.57. The van der Waals surface area contributed by atoms with Gasteiger partial charge in [-0.05, 0) is 36.8 Å². The Hall–Kier alpha value is -0.490. The summed E-state index contributed by atoms with van der Waals surface area (Å²) in [6.07, 6.45) is 1.01. The van der Waals surface area contributed by atoms with Crippen LogP contribution in [0, 0.1) is 6.92 Å². The van der Waals surface area contributed by atoms with E-state index in [2.05, 4.69) is 52.0 Å². The van der Waals surface area contributed by atoms with Gasteiger partial charge in [-0.3, -0.25) is 0 Å². The second kappa shape index (κ2) is 4.35. The van der Waals surface area contributed by atoms with Gasteiger partial charge in [0.05, 0.1) is 0 Å². The summed E-state index contributed by atoms with van der Waals surface area (Å²) < 4.78 is 0. The van der Waals surface area contributed by atoms with Gasteiger partial charge in [-0.15, -0.1) is 11.6 Å². The molecule has 0 fully saturated rings. The van der Waals surface area contributed by atoms with Crippen LogP contribution >= 0.6 is 11.6 Å². The SMILES string of the molecule is Cc1ccccc1C(C)(C)CC(C)Cl. The van der Waals surface area contributed by atoms with Crippen LogP contribution in [-0.2, 0) is 5.41 Å². The Kier molecular flexibility index (Phi) is 3.60. The van der Waals surface area contributed by atoms with Crippen LogP contribution in [0.15, 0.2) is 24.3 Å². The molecular weight excluding hydrogens is 192 g/mol. The molecule has 0 aromatic heterocycles. The first-order valence-electron chi connectivity index (χ1n) is 5.13. The summed E-state index contributed by atoms with van der Waals surface area (Å²) in [6.45, 7) is 8.74. The van der Waals surface area contributed by atoms with Gasteiger partial charge in [0, 0.05) is 5.38 Å². The molecule has 1 aromatic rings. The number of alkyl halides is 1. The van der Waals surface area contributed by atoms with Crippen LogP contribution < -0.4 is 0 Å². The van der Waals surface area contributed by atoms with E-state index >= 15 is 0 Å². The molecule has 14 heavy (non-hydrogen) atoms. The van der Waals surface area contributed by atoms with Crippen molar-refractivity contribution in [2.75, 3.05) is 0 Å². The Bertz CT molecular complexity index is 300. The van der Waals surface area contributed by atoms with Crippen LogP contribution in [0.2, 0.25) is 0 Å². The van der Waals surface area contributed by atoms with E-state index in [1.54, 1.807) is 0 Å². The molecule has 0 aliphatic carbocycles. The van der Waals surface area contributed by atoms with Gasteiger partial charge in [0.25, 0.3) is 0 Å². The highest BCUT2D eigenvalue weighted by molar-refractivity contribution is 6.20. The normalized spacial score (nSPS) is 14.1. The molecule has 1 unspecified atom stereocenters. The smallest absolute Gasteiger partial charge is 0.0316 e. The van der Waals surface area contributed by atoms with Crippen LogP contribution in [0.25, 0.3) is 0 Å². The maximum atomic E-state index is 6.06. The van der Waals surface area contributed by atoms with Crippen molar-refractivity contribution < 1.29 is 0 Å². The van der Waals surface area contributed by atoms with Crippen LogP contribution in [0.5, 0.6) is 0 Å². The van der Waals surface area contributed by atoms with Crippen LogP contribution in [0.3, 0.4) is 0 Å². The second-order valence-corrected chi connectivity index (χ2v) is 5.43. The topological polar surface area (TPSA) is 0 Å². The van der Waals surface area contributed by atoms with E-state index in [-0.39, 0.29) is 10.8 Å². The summed E-state index contributed by atoms with van der Waals surface area (Å²) in [4.78, 5) is 0. The van der Waals surface area contributed by atoms with Gasteiger partial charge in [-0.2, -0.15) is 0 Å². The van der Waals surface area contributed by atoms with E-state index in [0.29, 0.717) is 0 Å². The van der Waals surface area contributed by atoms with Crippen molar-refractivity contribution in [1.82, 2.24) is 0 Å². The second-order valence-electron chi connectivity index (χ2n) is 4.68. The zero-order valence-corrected chi connectivity index (χ0v) is 10.2. The minimum absolute atomic E-state index is 0.173. The summed E-state index contributed by atoms with van der Waals surface area (Å²) in [5.41, 5.74) is 2.94. The van der Waals surface area contributed by atoms with Crippen molar-refractivity contribution in [2.24, 2.45) is 0 Å². The monoisotopic (exact) mass is 210 g/mol. The van der Waals surface area contributed by atoms with E-state index in [0.717, 1.165) is 6.42 Å². The van der Waals surface area contributed by atoms with Crippen molar-refractivity contribution in [2.45, 2.75) is 44.9 Å². The molecular formula is C13H19Cl. The van der Waals surface area contributed by atoms with E-state index in [1.165, 1.54) is 11.1 Å². The van der Waals surface area contributed by atoms with Gasteiger partial charge in [-0.1, -0.05) is 38.1 Å². The molecule has 1 atom stereocenters. The summed E-state index contributed by atoms with van der Waals surface area (Å²) in [5, 5.41) is 0.226. The lowest BCUT2D eigenvalue weighted by Crippen LogP contribution is -2.21. The van der Waals surface area contributed by atoms with Gasteiger partial charge in [0.1, 0.15) is 0 Å². The third-order valence-electron chi connectivity index (χ3n) is 2.67. The number of hydrogen-bond acceptors (Lipinski definition) is 0. The molecule has 1 aromatic carbocycles. The maximum Gasteiger partial charge on any atom is 0.0316 e. The van der Waals surface area contributed by atoms with Gasteiger partial charge in [0.15, 0.2) is 0 Å². The van der Waals surface area contributed by atoms with Crippen LogP contribution in [0.4, 0.5) is 0 Å². The lowest BCUT2D eigenvalue weighted by Gasteiger charge is -2.28. The molecule has 0 spiro atoms. The molecule has 0 saturated heterocycles. The number of halogens is 1. The lowest BCUT2D eigenvalue weighted by atomic mass is 9.78. The predicted octanol–water partition coefficient (Wildman–Crippen LogP) is 4.29.